The number of carbonyl (C=O) groups is 2. The quantitative estimate of drug-likeness (QED) is 0.194. The fourth-order valence-electron chi connectivity index (χ4n) is 2.93. The molecule has 35 heavy (non-hydrogen) atoms. The Hall–Kier alpha value is -2.01. The Labute approximate surface area is 227 Å². The van der Waals surface area contributed by atoms with Crippen LogP contribution < -0.4 is 14.8 Å². The third kappa shape index (κ3) is 7.49. The first-order valence-corrected chi connectivity index (χ1v) is 12.5. The number of carbonyl (C=O) groups excluding carboxylic acids is 2. The molecule has 2 amide bonds. The molecule has 1 fully saturated rings. The summed E-state index contributed by atoms with van der Waals surface area (Å²) in [4.78, 5) is 27.2. The Kier molecular flexibility index (Phi) is 9.69. The lowest BCUT2D eigenvalue weighted by Crippen LogP contribution is -2.47. The van der Waals surface area contributed by atoms with Gasteiger partial charge in [-0.3, -0.25) is 14.5 Å². The number of hydrogen-bond acceptors (Lipinski definition) is 7. The lowest BCUT2D eigenvalue weighted by atomic mass is 10.2. The number of nitrogens with zero attached hydrogens (tertiary/aromatic N) is 1. The van der Waals surface area contributed by atoms with E-state index in [1.807, 2.05) is 0 Å². The van der Waals surface area contributed by atoms with Crippen LogP contribution in [0.5, 0.6) is 11.5 Å². The van der Waals surface area contributed by atoms with Crippen LogP contribution in [0.1, 0.15) is 15.9 Å². The monoisotopic (exact) mass is 574 g/mol. The SMILES string of the molecule is COCCN1C(=O)/C(=C/c2ccc(OC(NC(=O)c3ccc(OC)cc3)C(Cl)(Cl)Cl)cc2)SC1=S. The molecule has 0 saturated carbocycles. The summed E-state index contributed by atoms with van der Waals surface area (Å²) in [5.41, 5.74) is 1.09. The van der Waals surface area contributed by atoms with E-state index in [9.17, 15) is 9.59 Å². The van der Waals surface area contributed by atoms with Gasteiger partial charge in [-0.25, -0.2) is 0 Å². The van der Waals surface area contributed by atoms with Gasteiger partial charge in [0.15, 0.2) is 0 Å². The number of benzene rings is 2. The van der Waals surface area contributed by atoms with Crippen molar-refractivity contribution in [3.8, 4) is 11.5 Å². The molecule has 7 nitrogen and oxygen atoms in total. The molecule has 1 unspecified atom stereocenters. The van der Waals surface area contributed by atoms with Crippen molar-refractivity contribution in [2.75, 3.05) is 27.4 Å². The average molecular weight is 576 g/mol. The lowest BCUT2D eigenvalue weighted by molar-refractivity contribution is -0.122. The maximum Gasteiger partial charge on any atom is 0.266 e. The highest BCUT2D eigenvalue weighted by atomic mass is 35.6. The van der Waals surface area contributed by atoms with Crippen molar-refractivity contribution in [1.82, 2.24) is 10.2 Å². The van der Waals surface area contributed by atoms with Crippen LogP contribution in [-0.4, -0.2) is 58.4 Å². The molecule has 0 spiro atoms. The van der Waals surface area contributed by atoms with Gasteiger partial charge in [-0.2, -0.15) is 0 Å². The number of methoxy groups -OCH3 is 2. The normalized spacial score (nSPS) is 15.9. The number of nitrogens with one attached hydrogen (secondary N) is 1. The van der Waals surface area contributed by atoms with Gasteiger partial charge in [0.2, 0.25) is 10.0 Å². The van der Waals surface area contributed by atoms with Crippen molar-refractivity contribution in [3.63, 3.8) is 0 Å². The number of alkyl halides is 3. The second-order valence-electron chi connectivity index (χ2n) is 7.14. The van der Waals surface area contributed by atoms with Crippen molar-refractivity contribution >= 4 is 81.0 Å². The predicted molar refractivity (Wildman–Crippen MR) is 143 cm³/mol. The molecule has 0 bridgehead atoms. The number of thioether (sulfide) groups is 1. The Balaban J connectivity index is 1.69. The van der Waals surface area contributed by atoms with Gasteiger partial charge in [0.25, 0.3) is 11.8 Å². The summed E-state index contributed by atoms with van der Waals surface area (Å²) in [6.45, 7) is 0.789. The van der Waals surface area contributed by atoms with Crippen LogP contribution in [0.15, 0.2) is 53.4 Å². The Morgan fingerprint density at radius 3 is 2.31 bits per heavy atom. The van der Waals surface area contributed by atoms with Crippen LogP contribution in [0.4, 0.5) is 0 Å². The number of thiocarbonyl (C=S) groups is 1. The minimum atomic E-state index is -1.95. The third-order valence-electron chi connectivity index (χ3n) is 4.74. The molecule has 3 rings (SSSR count). The van der Waals surface area contributed by atoms with Crippen LogP contribution in [0.2, 0.25) is 0 Å². The van der Waals surface area contributed by atoms with E-state index in [2.05, 4.69) is 5.32 Å². The number of ether oxygens (including phenoxy) is 3. The highest BCUT2D eigenvalue weighted by molar-refractivity contribution is 8.26. The van der Waals surface area contributed by atoms with Crippen LogP contribution >= 0.6 is 58.8 Å². The van der Waals surface area contributed by atoms with Gasteiger partial charge in [0.1, 0.15) is 15.8 Å². The van der Waals surface area contributed by atoms with Gasteiger partial charge < -0.3 is 19.5 Å². The van der Waals surface area contributed by atoms with Gasteiger partial charge in [0, 0.05) is 12.7 Å². The Morgan fingerprint density at radius 2 is 1.74 bits per heavy atom. The largest absolute Gasteiger partial charge is 0.497 e. The second kappa shape index (κ2) is 12.3. The molecule has 186 valence electrons. The van der Waals surface area contributed by atoms with Gasteiger partial charge in [-0.15, -0.1) is 0 Å². The van der Waals surface area contributed by atoms with E-state index in [1.165, 1.54) is 23.8 Å². The van der Waals surface area contributed by atoms with E-state index < -0.39 is 15.9 Å². The molecule has 1 N–H and O–H groups in total. The first-order chi connectivity index (χ1) is 16.6. The van der Waals surface area contributed by atoms with E-state index in [0.29, 0.717) is 39.4 Å². The number of hydrogen-bond donors (Lipinski definition) is 1. The Bertz CT molecular complexity index is 1110. The molecule has 1 aliphatic rings. The summed E-state index contributed by atoms with van der Waals surface area (Å²) >= 11 is 24.7. The maximum atomic E-state index is 12.6. The molecule has 1 aliphatic heterocycles. The van der Waals surface area contributed by atoms with Crippen LogP contribution in [0, 0.1) is 0 Å². The summed E-state index contributed by atoms with van der Waals surface area (Å²) in [5, 5.41) is 2.58. The average Bonchev–Trinajstić information content (AvgIpc) is 3.09. The standard InChI is InChI=1S/C23H21Cl3N2O5S2/c1-31-12-11-28-20(30)18(35-22(28)34)13-14-3-7-17(8-4-14)33-21(23(24,25)26)27-19(29)15-5-9-16(32-2)10-6-15/h3-10,13,21H,11-12H2,1-2H3,(H,27,29)/b18-13-. The third-order valence-corrected chi connectivity index (χ3v) is 6.71. The van der Waals surface area contributed by atoms with Crippen molar-refractivity contribution in [2.45, 2.75) is 10.0 Å². The van der Waals surface area contributed by atoms with E-state index in [1.54, 1.807) is 61.7 Å². The zero-order valence-electron chi connectivity index (χ0n) is 18.6. The summed E-state index contributed by atoms with van der Waals surface area (Å²) < 4.78 is 14.4. The van der Waals surface area contributed by atoms with E-state index in [0.717, 1.165) is 5.56 Å². The molecule has 0 aliphatic carbocycles. The number of halogens is 3. The molecule has 12 heteroatoms. The van der Waals surface area contributed by atoms with Crippen molar-refractivity contribution < 1.29 is 23.8 Å². The minimum absolute atomic E-state index is 0.171. The number of amides is 2. The van der Waals surface area contributed by atoms with Crippen LogP contribution in [0.25, 0.3) is 6.08 Å². The molecule has 1 atom stereocenters. The highest BCUT2D eigenvalue weighted by Gasteiger charge is 2.36. The second-order valence-corrected chi connectivity index (χ2v) is 11.2. The molecule has 0 radical (unpaired) electrons. The molecular weight excluding hydrogens is 555 g/mol. The molecule has 0 aromatic heterocycles. The zero-order chi connectivity index (χ0) is 25.6. The summed E-state index contributed by atoms with van der Waals surface area (Å²) in [5.74, 6) is 0.292. The minimum Gasteiger partial charge on any atom is -0.497 e. The summed E-state index contributed by atoms with van der Waals surface area (Å²) in [6.07, 6.45) is 0.457. The lowest BCUT2D eigenvalue weighted by Gasteiger charge is -2.26. The van der Waals surface area contributed by atoms with Gasteiger partial charge in [-0.05, 0) is 48.0 Å². The van der Waals surface area contributed by atoms with Crippen molar-refractivity contribution in [3.05, 3.63) is 64.6 Å². The van der Waals surface area contributed by atoms with Gasteiger partial charge >= 0.3 is 0 Å². The fourth-order valence-corrected chi connectivity index (χ4v) is 4.53. The summed E-state index contributed by atoms with van der Waals surface area (Å²) in [7, 11) is 3.09. The van der Waals surface area contributed by atoms with Crippen LogP contribution in [0.3, 0.4) is 0 Å². The smallest absolute Gasteiger partial charge is 0.266 e. The van der Waals surface area contributed by atoms with Gasteiger partial charge in [-0.1, -0.05) is 70.9 Å². The van der Waals surface area contributed by atoms with E-state index >= 15 is 0 Å². The Morgan fingerprint density at radius 1 is 1.11 bits per heavy atom. The van der Waals surface area contributed by atoms with E-state index in [4.69, 9.17) is 61.2 Å². The fraction of sp³-hybridized carbons (Fsp3) is 0.261. The van der Waals surface area contributed by atoms with Crippen molar-refractivity contribution in [1.29, 1.82) is 0 Å². The number of rotatable bonds is 9. The predicted octanol–water partition coefficient (Wildman–Crippen LogP) is 5.05. The first-order valence-electron chi connectivity index (χ1n) is 10.1. The topological polar surface area (TPSA) is 77.1 Å². The maximum absolute atomic E-state index is 12.6. The molecular formula is C23H21Cl3N2O5S2. The molecule has 2 aromatic rings. The van der Waals surface area contributed by atoms with Crippen molar-refractivity contribution in [2.24, 2.45) is 0 Å². The summed E-state index contributed by atoms with van der Waals surface area (Å²) in [6, 6.07) is 13.2. The highest BCUT2D eigenvalue weighted by Crippen LogP contribution is 2.34. The first kappa shape index (κ1) is 27.6. The molecule has 1 saturated heterocycles. The molecule has 1 heterocycles. The molecule has 2 aromatic carbocycles. The van der Waals surface area contributed by atoms with E-state index in [-0.39, 0.29) is 5.91 Å². The van der Waals surface area contributed by atoms with Crippen LogP contribution in [-0.2, 0) is 9.53 Å². The van der Waals surface area contributed by atoms with Gasteiger partial charge in [0.05, 0.1) is 25.2 Å². The zero-order valence-corrected chi connectivity index (χ0v) is 22.5.